The van der Waals surface area contributed by atoms with E-state index in [0.717, 1.165) is 16.7 Å². The van der Waals surface area contributed by atoms with Gasteiger partial charge in [-0.15, -0.1) is 0 Å². The number of rotatable bonds is 3. The van der Waals surface area contributed by atoms with Crippen LogP contribution in [-0.4, -0.2) is 25.8 Å². The first kappa shape index (κ1) is 15.3. The Morgan fingerprint density at radius 1 is 1.08 bits per heavy atom. The molecular weight excluding hydrogens is 338 g/mol. The number of aromatic amines is 1. The fourth-order valence-electron chi connectivity index (χ4n) is 2.42. The van der Waals surface area contributed by atoms with Crippen LogP contribution in [0.2, 0.25) is 5.15 Å². The number of halogens is 1. The quantitative estimate of drug-likeness (QED) is 0.549. The lowest BCUT2D eigenvalue weighted by Gasteiger charge is -2.04. The van der Waals surface area contributed by atoms with Crippen LogP contribution in [-0.2, 0) is 0 Å². The van der Waals surface area contributed by atoms with Crippen LogP contribution in [0.3, 0.4) is 0 Å². The highest BCUT2D eigenvalue weighted by atomic mass is 35.5. The zero-order chi connectivity index (χ0) is 17.2. The van der Waals surface area contributed by atoms with Gasteiger partial charge in [-0.25, -0.2) is 9.97 Å². The number of nitrogens with one attached hydrogen (secondary N) is 2. The molecule has 0 fully saturated rings. The van der Waals surface area contributed by atoms with Crippen LogP contribution in [0.1, 0.15) is 10.4 Å². The van der Waals surface area contributed by atoms with Crippen molar-refractivity contribution in [2.75, 3.05) is 5.32 Å². The van der Waals surface area contributed by atoms with Crippen LogP contribution >= 0.6 is 11.6 Å². The Balaban J connectivity index is 1.61. The van der Waals surface area contributed by atoms with Crippen molar-refractivity contribution < 1.29 is 4.79 Å². The largest absolute Gasteiger partial charge is 0.337 e. The van der Waals surface area contributed by atoms with E-state index in [1.54, 1.807) is 24.4 Å². The van der Waals surface area contributed by atoms with Gasteiger partial charge in [-0.3, -0.25) is 9.78 Å². The van der Waals surface area contributed by atoms with E-state index < -0.39 is 0 Å². The summed E-state index contributed by atoms with van der Waals surface area (Å²) >= 11 is 5.74. The van der Waals surface area contributed by atoms with Gasteiger partial charge in [0.1, 0.15) is 10.8 Å². The first-order valence-corrected chi connectivity index (χ1v) is 7.91. The molecule has 122 valence electrons. The lowest BCUT2D eigenvalue weighted by Crippen LogP contribution is -2.11. The van der Waals surface area contributed by atoms with E-state index in [4.69, 9.17) is 11.6 Å². The van der Waals surface area contributed by atoms with Gasteiger partial charge >= 0.3 is 0 Å². The summed E-state index contributed by atoms with van der Waals surface area (Å²) in [7, 11) is 0. The molecule has 25 heavy (non-hydrogen) atoms. The number of hydrogen-bond acceptors (Lipinski definition) is 4. The van der Waals surface area contributed by atoms with Crippen LogP contribution in [0.4, 0.5) is 5.69 Å². The van der Waals surface area contributed by atoms with Crippen molar-refractivity contribution in [3.8, 4) is 11.5 Å². The van der Waals surface area contributed by atoms with Gasteiger partial charge in [-0.1, -0.05) is 17.7 Å². The van der Waals surface area contributed by atoms with Crippen molar-refractivity contribution in [1.82, 2.24) is 19.9 Å². The molecule has 2 N–H and O–H groups in total. The summed E-state index contributed by atoms with van der Waals surface area (Å²) in [6.45, 7) is 0. The number of benzene rings is 1. The van der Waals surface area contributed by atoms with Gasteiger partial charge in [0.2, 0.25) is 0 Å². The summed E-state index contributed by atoms with van der Waals surface area (Å²) in [5, 5.41) is 3.18. The lowest BCUT2D eigenvalue weighted by molar-refractivity contribution is 0.102. The van der Waals surface area contributed by atoms with E-state index in [0.29, 0.717) is 22.2 Å². The minimum atomic E-state index is -0.256. The van der Waals surface area contributed by atoms with Gasteiger partial charge in [-0.2, -0.15) is 0 Å². The maximum Gasteiger partial charge on any atom is 0.257 e. The van der Waals surface area contributed by atoms with Gasteiger partial charge in [0, 0.05) is 18.1 Å². The molecule has 0 spiro atoms. The number of fused-ring (bicyclic) bond motifs is 1. The first-order chi connectivity index (χ1) is 12.2. The molecule has 6 nitrogen and oxygen atoms in total. The molecule has 0 unspecified atom stereocenters. The molecule has 1 amide bonds. The summed E-state index contributed by atoms with van der Waals surface area (Å²) in [5.74, 6) is 0.425. The van der Waals surface area contributed by atoms with Crippen LogP contribution in [0, 0.1) is 0 Å². The molecule has 0 saturated carbocycles. The molecule has 3 aromatic heterocycles. The standard InChI is InChI=1S/C18H12ClN5O/c19-16-7-4-11(10-21-16)18(25)22-12-5-6-13-15(9-12)24-17(23-13)14-3-1-2-8-20-14/h1-10H,(H,22,25)(H,23,24). The number of hydrogen-bond donors (Lipinski definition) is 2. The highest BCUT2D eigenvalue weighted by Crippen LogP contribution is 2.22. The first-order valence-electron chi connectivity index (χ1n) is 7.53. The third-order valence-corrected chi connectivity index (χ3v) is 3.86. The van der Waals surface area contributed by atoms with Gasteiger partial charge in [0.25, 0.3) is 5.91 Å². The van der Waals surface area contributed by atoms with E-state index in [2.05, 4.69) is 25.3 Å². The van der Waals surface area contributed by atoms with Crippen molar-refractivity contribution in [1.29, 1.82) is 0 Å². The van der Waals surface area contributed by atoms with Crippen LogP contribution in [0.15, 0.2) is 60.9 Å². The van der Waals surface area contributed by atoms with E-state index in [-0.39, 0.29) is 5.91 Å². The average Bonchev–Trinajstić information content (AvgIpc) is 3.06. The van der Waals surface area contributed by atoms with Gasteiger partial charge in [0.05, 0.1) is 16.6 Å². The Morgan fingerprint density at radius 3 is 2.76 bits per heavy atom. The number of H-pyrrole nitrogens is 1. The fourth-order valence-corrected chi connectivity index (χ4v) is 2.54. The Kier molecular flexibility index (Phi) is 3.87. The normalized spacial score (nSPS) is 10.8. The van der Waals surface area contributed by atoms with E-state index >= 15 is 0 Å². The molecule has 0 saturated heterocycles. The molecule has 0 aliphatic heterocycles. The SMILES string of the molecule is O=C(Nc1ccc2nc(-c3ccccn3)[nH]c2c1)c1ccc(Cl)nc1. The molecule has 0 radical (unpaired) electrons. The average molecular weight is 350 g/mol. The summed E-state index contributed by atoms with van der Waals surface area (Å²) in [6.07, 6.45) is 3.15. The molecule has 4 rings (SSSR count). The summed E-state index contributed by atoms with van der Waals surface area (Å²) in [4.78, 5) is 28.2. The van der Waals surface area contributed by atoms with Gasteiger partial charge in [-0.05, 0) is 42.5 Å². The van der Waals surface area contributed by atoms with Gasteiger partial charge < -0.3 is 10.3 Å². The van der Waals surface area contributed by atoms with Gasteiger partial charge in [0.15, 0.2) is 5.82 Å². The Hall–Kier alpha value is -3.25. The second-order valence-corrected chi connectivity index (χ2v) is 5.74. The number of pyridine rings is 2. The van der Waals surface area contributed by atoms with E-state index in [1.165, 1.54) is 6.20 Å². The number of nitrogens with zero attached hydrogens (tertiary/aromatic N) is 3. The van der Waals surface area contributed by atoms with Crippen molar-refractivity contribution in [2.24, 2.45) is 0 Å². The van der Waals surface area contributed by atoms with E-state index in [1.807, 2.05) is 30.3 Å². The number of carbonyl (C=O) groups excluding carboxylic acids is 1. The van der Waals surface area contributed by atoms with Crippen LogP contribution < -0.4 is 5.32 Å². The maximum absolute atomic E-state index is 12.3. The lowest BCUT2D eigenvalue weighted by atomic mass is 10.2. The smallest absolute Gasteiger partial charge is 0.257 e. The third-order valence-electron chi connectivity index (χ3n) is 3.64. The molecule has 3 heterocycles. The zero-order valence-electron chi connectivity index (χ0n) is 12.9. The fraction of sp³-hybridized carbons (Fsp3) is 0. The number of aromatic nitrogens is 4. The second-order valence-electron chi connectivity index (χ2n) is 5.36. The summed E-state index contributed by atoms with van der Waals surface area (Å²) in [6, 6.07) is 14.3. The van der Waals surface area contributed by atoms with Crippen molar-refractivity contribution in [3.05, 3.63) is 71.6 Å². The Labute approximate surface area is 147 Å². The zero-order valence-corrected chi connectivity index (χ0v) is 13.7. The number of imidazole rings is 1. The van der Waals surface area contributed by atoms with Crippen molar-refractivity contribution in [3.63, 3.8) is 0 Å². The topological polar surface area (TPSA) is 83.6 Å². The monoisotopic (exact) mass is 349 g/mol. The molecule has 7 heteroatoms. The van der Waals surface area contributed by atoms with Crippen LogP contribution in [0.25, 0.3) is 22.6 Å². The molecule has 0 bridgehead atoms. The predicted octanol–water partition coefficient (Wildman–Crippen LogP) is 3.93. The molecule has 0 aliphatic rings. The molecule has 1 aromatic carbocycles. The molecular formula is C18H12ClN5O. The highest BCUT2D eigenvalue weighted by molar-refractivity contribution is 6.29. The molecule has 0 atom stereocenters. The predicted molar refractivity (Wildman–Crippen MR) is 96.5 cm³/mol. The minimum absolute atomic E-state index is 0.256. The number of carbonyl (C=O) groups is 1. The van der Waals surface area contributed by atoms with Crippen LogP contribution in [0.5, 0.6) is 0 Å². The van der Waals surface area contributed by atoms with Crippen molar-refractivity contribution in [2.45, 2.75) is 0 Å². The number of amides is 1. The van der Waals surface area contributed by atoms with Crippen molar-refractivity contribution >= 4 is 34.2 Å². The Bertz CT molecular complexity index is 1040. The molecule has 4 aromatic rings. The highest BCUT2D eigenvalue weighted by Gasteiger charge is 2.10. The number of anilines is 1. The molecule has 0 aliphatic carbocycles. The summed E-state index contributed by atoms with van der Waals surface area (Å²) in [5.41, 5.74) is 3.46. The Morgan fingerprint density at radius 2 is 2.00 bits per heavy atom. The van der Waals surface area contributed by atoms with E-state index in [9.17, 15) is 4.79 Å². The maximum atomic E-state index is 12.3. The minimum Gasteiger partial charge on any atom is -0.337 e. The second kappa shape index (κ2) is 6.33. The third kappa shape index (κ3) is 3.20. The summed E-state index contributed by atoms with van der Waals surface area (Å²) < 4.78 is 0.